The predicted molar refractivity (Wildman–Crippen MR) is 88.8 cm³/mol. The molecular weight excluding hydrogens is 345 g/mol. The number of nitrogens with zero attached hydrogens (tertiary/aromatic N) is 1. The Labute approximate surface area is 147 Å². The number of benzene rings is 2. The van der Waals surface area contributed by atoms with Crippen LogP contribution < -0.4 is 10.1 Å². The van der Waals surface area contributed by atoms with Gasteiger partial charge in [-0.05, 0) is 48.2 Å². The Morgan fingerprint density at radius 3 is 2.62 bits per heavy atom. The van der Waals surface area contributed by atoms with Crippen LogP contribution in [-0.2, 0) is 11.3 Å². The number of rotatable bonds is 3. The molecule has 1 aliphatic carbocycles. The zero-order valence-corrected chi connectivity index (χ0v) is 13.7. The maximum Gasteiger partial charge on any atom is 0.573 e. The van der Waals surface area contributed by atoms with Gasteiger partial charge >= 0.3 is 6.36 Å². The van der Waals surface area contributed by atoms with E-state index in [2.05, 4.69) is 9.89 Å². The lowest BCUT2D eigenvalue weighted by molar-refractivity contribution is -0.274. The number of fused-ring (bicyclic) bond motifs is 3. The molecule has 2 N–H and O–H groups in total. The summed E-state index contributed by atoms with van der Waals surface area (Å²) in [6, 6.07) is 11.7. The van der Waals surface area contributed by atoms with Gasteiger partial charge in [0.05, 0.1) is 5.71 Å². The standard InChI is InChI=1S/C19H15F3N2O2/c20-19(21,22)25-14-5-2-12(3-6-14)18-16-8-4-13-9-11(10-23)1-7-15(13)17(16)24-26-18/h1-3,5-7,9-10,16,18,23H,4,8H2/p+1. The fourth-order valence-corrected chi connectivity index (χ4v) is 3.57. The number of aryl methyl sites for hydroxylation is 1. The quantitative estimate of drug-likeness (QED) is 0.855. The average molecular weight is 361 g/mol. The Morgan fingerprint density at radius 2 is 1.92 bits per heavy atom. The van der Waals surface area contributed by atoms with E-state index in [-0.39, 0.29) is 17.8 Å². The molecule has 1 aliphatic heterocycles. The summed E-state index contributed by atoms with van der Waals surface area (Å²) in [5.74, 6) is -0.176. The van der Waals surface area contributed by atoms with Gasteiger partial charge in [0.25, 0.3) is 0 Å². The molecule has 4 nitrogen and oxygen atoms in total. The summed E-state index contributed by atoms with van der Waals surface area (Å²) < 4.78 is 40.8. The van der Waals surface area contributed by atoms with E-state index in [1.807, 2.05) is 18.2 Å². The number of nitrogens with two attached hydrogens (primary N) is 1. The summed E-state index contributed by atoms with van der Waals surface area (Å²) in [5.41, 5.74) is 4.84. The topological polar surface area (TPSA) is 56.4 Å². The van der Waals surface area contributed by atoms with Crippen LogP contribution in [0.15, 0.2) is 47.6 Å². The second-order valence-electron chi connectivity index (χ2n) is 6.35. The summed E-state index contributed by atoms with van der Waals surface area (Å²) >= 11 is 0. The van der Waals surface area contributed by atoms with E-state index in [0.717, 1.165) is 35.2 Å². The van der Waals surface area contributed by atoms with Crippen molar-refractivity contribution in [2.24, 2.45) is 11.1 Å². The first-order chi connectivity index (χ1) is 12.4. The van der Waals surface area contributed by atoms with Crippen LogP contribution in [0.4, 0.5) is 13.2 Å². The molecule has 0 fully saturated rings. The Morgan fingerprint density at radius 1 is 1.15 bits per heavy atom. The molecule has 2 unspecified atom stereocenters. The molecule has 2 aromatic carbocycles. The molecule has 0 radical (unpaired) electrons. The summed E-state index contributed by atoms with van der Waals surface area (Å²) in [4.78, 5) is 5.63. The highest BCUT2D eigenvalue weighted by Gasteiger charge is 2.39. The van der Waals surface area contributed by atoms with Crippen molar-refractivity contribution < 1.29 is 28.2 Å². The maximum absolute atomic E-state index is 12.3. The van der Waals surface area contributed by atoms with E-state index in [0.29, 0.717) is 0 Å². The molecule has 0 aromatic heterocycles. The Hall–Kier alpha value is -2.83. The normalized spacial score (nSPS) is 21.3. The molecule has 0 saturated carbocycles. The van der Waals surface area contributed by atoms with Gasteiger partial charge in [0.2, 0.25) is 0 Å². The fraction of sp³-hybridized carbons (Fsp3) is 0.263. The summed E-state index contributed by atoms with van der Waals surface area (Å²) in [5, 5.41) is 9.84. The van der Waals surface area contributed by atoms with E-state index >= 15 is 0 Å². The lowest BCUT2D eigenvalue weighted by Crippen LogP contribution is -2.30. The van der Waals surface area contributed by atoms with E-state index in [4.69, 9.17) is 10.2 Å². The maximum atomic E-state index is 12.3. The second kappa shape index (κ2) is 6.16. The van der Waals surface area contributed by atoms with Crippen LogP contribution in [0.1, 0.15) is 34.8 Å². The first-order valence-electron chi connectivity index (χ1n) is 8.22. The highest BCUT2D eigenvalue weighted by atomic mass is 19.4. The highest BCUT2D eigenvalue weighted by molar-refractivity contribution is 6.05. The first-order valence-corrected chi connectivity index (χ1v) is 8.22. The Bertz CT molecular complexity index is 875. The van der Waals surface area contributed by atoms with Crippen LogP contribution in [0.25, 0.3) is 0 Å². The molecule has 134 valence electrons. The molecule has 0 amide bonds. The number of alkyl halides is 3. The van der Waals surface area contributed by atoms with Gasteiger partial charge in [-0.2, -0.15) is 0 Å². The minimum absolute atomic E-state index is 0.0737. The molecule has 2 aromatic rings. The van der Waals surface area contributed by atoms with Crippen LogP contribution in [0.2, 0.25) is 0 Å². The zero-order valence-electron chi connectivity index (χ0n) is 13.7. The number of halogens is 3. The molecule has 0 saturated heterocycles. The van der Waals surface area contributed by atoms with Crippen molar-refractivity contribution in [1.82, 2.24) is 0 Å². The van der Waals surface area contributed by atoms with Crippen molar-refractivity contribution >= 4 is 11.9 Å². The van der Waals surface area contributed by atoms with Crippen molar-refractivity contribution in [1.29, 1.82) is 0 Å². The fourth-order valence-electron chi connectivity index (χ4n) is 3.57. The molecular formula is C19H16F3N2O2+. The third kappa shape index (κ3) is 3.05. The van der Waals surface area contributed by atoms with Gasteiger partial charge in [-0.1, -0.05) is 23.4 Å². The van der Waals surface area contributed by atoms with E-state index < -0.39 is 6.36 Å². The second-order valence-corrected chi connectivity index (χ2v) is 6.35. The minimum atomic E-state index is -4.70. The summed E-state index contributed by atoms with van der Waals surface area (Å²) in [7, 11) is 0. The number of hydrogen-bond acceptors (Lipinski definition) is 3. The van der Waals surface area contributed by atoms with Crippen molar-refractivity contribution in [3.05, 3.63) is 64.7 Å². The SMILES string of the molecule is [NH2+]=Cc1ccc2c(c1)CCC1C2=NOC1c1ccc(OC(F)(F)F)cc1. The number of oxime groups is 1. The lowest BCUT2D eigenvalue weighted by Gasteiger charge is -2.25. The van der Waals surface area contributed by atoms with Crippen molar-refractivity contribution in [2.75, 3.05) is 0 Å². The van der Waals surface area contributed by atoms with E-state index in [1.54, 1.807) is 18.3 Å². The third-order valence-corrected chi connectivity index (χ3v) is 4.75. The zero-order chi connectivity index (χ0) is 18.3. The highest BCUT2D eigenvalue weighted by Crippen LogP contribution is 2.42. The van der Waals surface area contributed by atoms with Gasteiger partial charge < -0.3 is 9.57 Å². The molecule has 7 heteroatoms. The average Bonchev–Trinajstić information content (AvgIpc) is 3.05. The van der Waals surface area contributed by atoms with Gasteiger partial charge in [0.15, 0.2) is 12.3 Å². The van der Waals surface area contributed by atoms with Gasteiger partial charge in [-0.25, -0.2) is 0 Å². The minimum Gasteiger partial charge on any atom is -0.406 e. The molecule has 0 spiro atoms. The van der Waals surface area contributed by atoms with Crippen molar-refractivity contribution in [2.45, 2.75) is 25.3 Å². The molecule has 2 atom stereocenters. The van der Waals surface area contributed by atoms with Crippen LogP contribution in [-0.4, -0.2) is 18.3 Å². The third-order valence-electron chi connectivity index (χ3n) is 4.75. The molecule has 26 heavy (non-hydrogen) atoms. The molecule has 1 heterocycles. The largest absolute Gasteiger partial charge is 0.573 e. The van der Waals surface area contributed by atoms with E-state index in [9.17, 15) is 13.2 Å². The molecule has 4 rings (SSSR count). The first kappa shape index (κ1) is 16.6. The Kier molecular flexibility index (Phi) is 3.94. The monoisotopic (exact) mass is 361 g/mol. The summed E-state index contributed by atoms with van der Waals surface area (Å²) in [6.07, 6.45) is -1.72. The lowest BCUT2D eigenvalue weighted by atomic mass is 9.78. The van der Waals surface area contributed by atoms with Crippen LogP contribution >= 0.6 is 0 Å². The van der Waals surface area contributed by atoms with Crippen LogP contribution in [0.5, 0.6) is 5.75 Å². The van der Waals surface area contributed by atoms with Crippen LogP contribution in [0.3, 0.4) is 0 Å². The Balaban J connectivity index is 1.56. The smallest absolute Gasteiger partial charge is 0.406 e. The van der Waals surface area contributed by atoms with Crippen molar-refractivity contribution in [3.8, 4) is 5.75 Å². The van der Waals surface area contributed by atoms with Crippen molar-refractivity contribution in [3.63, 3.8) is 0 Å². The number of ether oxygens (including phenoxy) is 1. The van der Waals surface area contributed by atoms with E-state index in [1.165, 1.54) is 17.7 Å². The molecule has 0 bridgehead atoms. The van der Waals surface area contributed by atoms with Gasteiger partial charge in [0.1, 0.15) is 5.75 Å². The predicted octanol–water partition coefficient (Wildman–Crippen LogP) is 2.80. The van der Waals surface area contributed by atoms with Gasteiger partial charge in [-0.3, -0.25) is 5.41 Å². The number of hydrogen-bond donors (Lipinski definition) is 1. The molecule has 2 aliphatic rings. The van der Waals surface area contributed by atoms with Crippen LogP contribution in [0, 0.1) is 5.92 Å². The van der Waals surface area contributed by atoms with Gasteiger partial charge in [-0.15, -0.1) is 13.2 Å². The summed E-state index contributed by atoms with van der Waals surface area (Å²) in [6.45, 7) is 0. The van der Waals surface area contributed by atoms with Gasteiger partial charge in [0, 0.05) is 17.0 Å².